The minimum Gasteiger partial charge on any atom is -0.508 e. The first kappa shape index (κ1) is 12.0. The molecule has 0 fully saturated rings. The first-order chi connectivity index (χ1) is 7.17. The molecule has 0 aromatic heterocycles. The number of phenols is 1. The van der Waals surface area contributed by atoms with Gasteiger partial charge < -0.3 is 20.6 Å². The Balaban J connectivity index is 2.60. The van der Waals surface area contributed by atoms with Gasteiger partial charge in [0.25, 0.3) is 0 Å². The van der Waals surface area contributed by atoms with Crippen molar-refractivity contribution in [1.82, 2.24) is 5.32 Å². The molecule has 0 aliphatic rings. The summed E-state index contributed by atoms with van der Waals surface area (Å²) < 4.78 is 0. The molecule has 0 bridgehead atoms. The molecule has 4 heteroatoms. The molecular weight excluding hydrogens is 194 g/mol. The second-order valence-electron chi connectivity index (χ2n) is 3.54. The summed E-state index contributed by atoms with van der Waals surface area (Å²) in [6.45, 7) is 1.74. The Hall–Kier alpha value is -1.10. The van der Waals surface area contributed by atoms with Crippen molar-refractivity contribution in [1.29, 1.82) is 0 Å². The van der Waals surface area contributed by atoms with E-state index in [2.05, 4.69) is 5.32 Å². The first-order valence-corrected chi connectivity index (χ1v) is 4.94. The van der Waals surface area contributed by atoms with E-state index >= 15 is 0 Å². The summed E-state index contributed by atoms with van der Waals surface area (Å²) in [5.41, 5.74) is 1.000. The maximum atomic E-state index is 9.11. The Morgan fingerprint density at radius 3 is 2.13 bits per heavy atom. The Labute approximate surface area is 89.2 Å². The molecule has 1 aromatic carbocycles. The lowest BCUT2D eigenvalue weighted by molar-refractivity contribution is 0.163. The average molecular weight is 211 g/mol. The molecule has 1 unspecified atom stereocenters. The molecule has 1 aromatic rings. The summed E-state index contributed by atoms with van der Waals surface area (Å²) in [7, 11) is 0. The Kier molecular flexibility index (Phi) is 4.55. The lowest BCUT2D eigenvalue weighted by Gasteiger charge is -2.20. The van der Waals surface area contributed by atoms with Crippen LogP contribution in [0.4, 0.5) is 0 Å². The third-order valence-electron chi connectivity index (χ3n) is 2.32. The fourth-order valence-corrected chi connectivity index (χ4v) is 1.38. The number of benzene rings is 1. The van der Waals surface area contributed by atoms with Crippen LogP contribution in [0.15, 0.2) is 24.3 Å². The van der Waals surface area contributed by atoms with Gasteiger partial charge in [-0.3, -0.25) is 0 Å². The zero-order valence-corrected chi connectivity index (χ0v) is 8.72. The van der Waals surface area contributed by atoms with Gasteiger partial charge >= 0.3 is 0 Å². The SMILES string of the molecule is CC(NC(CO)CO)c1ccc(O)cc1. The molecular formula is C11H17NO3. The van der Waals surface area contributed by atoms with Gasteiger partial charge in [0.05, 0.1) is 19.3 Å². The minimum absolute atomic E-state index is 0.0231. The molecule has 0 spiro atoms. The van der Waals surface area contributed by atoms with E-state index in [1.807, 2.05) is 6.92 Å². The highest BCUT2D eigenvalue weighted by molar-refractivity contribution is 5.27. The zero-order valence-electron chi connectivity index (χ0n) is 8.72. The molecule has 0 radical (unpaired) electrons. The standard InChI is InChI=1S/C11H17NO3/c1-8(12-10(6-13)7-14)9-2-4-11(15)5-3-9/h2-5,8,10,12-15H,6-7H2,1H3. The van der Waals surface area contributed by atoms with Gasteiger partial charge in [-0.2, -0.15) is 0 Å². The quantitative estimate of drug-likeness (QED) is 0.568. The van der Waals surface area contributed by atoms with E-state index in [-0.39, 0.29) is 31.0 Å². The number of aliphatic hydroxyl groups excluding tert-OH is 2. The number of nitrogens with one attached hydrogen (secondary N) is 1. The van der Waals surface area contributed by atoms with Crippen LogP contribution < -0.4 is 5.32 Å². The average Bonchev–Trinajstić information content (AvgIpc) is 2.26. The maximum Gasteiger partial charge on any atom is 0.115 e. The van der Waals surface area contributed by atoms with E-state index in [1.54, 1.807) is 24.3 Å². The fourth-order valence-electron chi connectivity index (χ4n) is 1.38. The molecule has 0 aliphatic heterocycles. The van der Waals surface area contributed by atoms with Crippen molar-refractivity contribution in [2.45, 2.75) is 19.0 Å². The highest BCUT2D eigenvalue weighted by atomic mass is 16.3. The summed E-state index contributed by atoms with van der Waals surface area (Å²) in [5.74, 6) is 0.229. The van der Waals surface area contributed by atoms with Gasteiger partial charge in [0.15, 0.2) is 0 Å². The van der Waals surface area contributed by atoms with Crippen molar-refractivity contribution in [3.8, 4) is 5.75 Å². The van der Waals surface area contributed by atoms with Gasteiger partial charge in [-0.25, -0.2) is 0 Å². The third kappa shape index (κ3) is 3.51. The number of phenolic OH excluding ortho intramolecular Hbond substituents is 1. The van der Waals surface area contributed by atoms with E-state index in [1.165, 1.54) is 0 Å². The molecule has 0 amide bonds. The Morgan fingerprint density at radius 1 is 1.13 bits per heavy atom. The van der Waals surface area contributed by atoms with E-state index < -0.39 is 0 Å². The predicted octanol–water partition coefficient (Wildman–Crippen LogP) is 0.396. The lowest BCUT2D eigenvalue weighted by atomic mass is 10.1. The van der Waals surface area contributed by atoms with Gasteiger partial charge in [0.1, 0.15) is 5.75 Å². The zero-order chi connectivity index (χ0) is 11.3. The van der Waals surface area contributed by atoms with Crippen LogP contribution in [0.1, 0.15) is 18.5 Å². The molecule has 0 saturated carbocycles. The van der Waals surface area contributed by atoms with Gasteiger partial charge in [-0.1, -0.05) is 12.1 Å². The van der Waals surface area contributed by atoms with Gasteiger partial charge in [-0.15, -0.1) is 0 Å². The molecule has 84 valence electrons. The van der Waals surface area contributed by atoms with Gasteiger partial charge in [-0.05, 0) is 24.6 Å². The predicted molar refractivity (Wildman–Crippen MR) is 57.6 cm³/mol. The molecule has 0 aliphatic carbocycles. The summed E-state index contributed by atoms with van der Waals surface area (Å²) in [6, 6.07) is 6.54. The molecule has 0 saturated heterocycles. The van der Waals surface area contributed by atoms with Crippen molar-refractivity contribution >= 4 is 0 Å². The normalized spacial score (nSPS) is 13.1. The minimum atomic E-state index is -0.311. The summed E-state index contributed by atoms with van der Waals surface area (Å²) >= 11 is 0. The maximum absolute atomic E-state index is 9.11. The number of aliphatic hydroxyl groups is 2. The largest absolute Gasteiger partial charge is 0.508 e. The number of rotatable bonds is 5. The van der Waals surface area contributed by atoms with Crippen LogP contribution in [-0.4, -0.2) is 34.6 Å². The molecule has 4 nitrogen and oxygen atoms in total. The first-order valence-electron chi connectivity index (χ1n) is 4.94. The van der Waals surface area contributed by atoms with E-state index in [0.717, 1.165) is 5.56 Å². The summed E-state index contributed by atoms with van der Waals surface area (Å²) in [4.78, 5) is 0. The monoisotopic (exact) mass is 211 g/mol. The van der Waals surface area contributed by atoms with Crippen LogP contribution in [-0.2, 0) is 0 Å². The highest BCUT2D eigenvalue weighted by Crippen LogP contribution is 2.16. The molecule has 1 atom stereocenters. The van der Waals surface area contributed by atoms with Gasteiger partial charge in [0.2, 0.25) is 0 Å². The number of hydrogen-bond donors (Lipinski definition) is 4. The van der Waals surface area contributed by atoms with Crippen LogP contribution in [0.3, 0.4) is 0 Å². The Bertz CT molecular complexity index is 282. The topological polar surface area (TPSA) is 72.7 Å². The van der Waals surface area contributed by atoms with Crippen molar-refractivity contribution < 1.29 is 15.3 Å². The van der Waals surface area contributed by atoms with Crippen molar-refractivity contribution in [3.05, 3.63) is 29.8 Å². The molecule has 15 heavy (non-hydrogen) atoms. The van der Waals surface area contributed by atoms with Crippen molar-refractivity contribution in [2.75, 3.05) is 13.2 Å². The number of hydrogen-bond acceptors (Lipinski definition) is 4. The van der Waals surface area contributed by atoms with E-state index in [9.17, 15) is 0 Å². The van der Waals surface area contributed by atoms with Crippen LogP contribution in [0.25, 0.3) is 0 Å². The van der Waals surface area contributed by atoms with Crippen LogP contribution >= 0.6 is 0 Å². The molecule has 0 heterocycles. The van der Waals surface area contributed by atoms with Crippen molar-refractivity contribution in [2.24, 2.45) is 0 Å². The third-order valence-corrected chi connectivity index (χ3v) is 2.32. The Morgan fingerprint density at radius 2 is 1.67 bits per heavy atom. The van der Waals surface area contributed by atoms with Crippen LogP contribution in [0.5, 0.6) is 5.75 Å². The second-order valence-corrected chi connectivity index (χ2v) is 3.54. The van der Waals surface area contributed by atoms with Crippen molar-refractivity contribution in [3.63, 3.8) is 0 Å². The van der Waals surface area contributed by atoms with E-state index in [0.29, 0.717) is 0 Å². The molecule has 4 N–H and O–H groups in total. The van der Waals surface area contributed by atoms with Crippen LogP contribution in [0, 0.1) is 0 Å². The molecule has 1 rings (SSSR count). The lowest BCUT2D eigenvalue weighted by Crippen LogP contribution is -2.37. The van der Waals surface area contributed by atoms with E-state index in [4.69, 9.17) is 15.3 Å². The summed E-state index contributed by atoms with van der Waals surface area (Å²) in [5, 5.41) is 30.0. The van der Waals surface area contributed by atoms with Gasteiger partial charge in [0, 0.05) is 6.04 Å². The number of aromatic hydroxyl groups is 1. The fraction of sp³-hybridized carbons (Fsp3) is 0.455. The second kappa shape index (κ2) is 5.70. The highest BCUT2D eigenvalue weighted by Gasteiger charge is 2.11. The van der Waals surface area contributed by atoms with Crippen LogP contribution in [0.2, 0.25) is 0 Å². The summed E-state index contributed by atoms with van der Waals surface area (Å²) in [6.07, 6.45) is 0. The smallest absolute Gasteiger partial charge is 0.115 e.